The van der Waals surface area contributed by atoms with Crippen LogP contribution in [0.2, 0.25) is 5.02 Å². The lowest BCUT2D eigenvalue weighted by atomic mass is 10.1. The van der Waals surface area contributed by atoms with Gasteiger partial charge in [0.15, 0.2) is 0 Å². The maximum absolute atomic E-state index is 13.8. The third kappa shape index (κ3) is 3.44. The molecule has 0 fully saturated rings. The van der Waals surface area contributed by atoms with Crippen molar-refractivity contribution in [3.05, 3.63) is 52.1 Å². The number of hydrogen-bond donors (Lipinski definition) is 1. The van der Waals surface area contributed by atoms with Crippen LogP contribution in [-0.2, 0) is 19.5 Å². The number of halogens is 2. The molecule has 21 heavy (non-hydrogen) atoms. The largest absolute Gasteiger partial charge is 0.304 e. The highest BCUT2D eigenvalue weighted by molar-refractivity contribution is 6.31. The van der Waals surface area contributed by atoms with Crippen molar-refractivity contribution in [3.63, 3.8) is 0 Å². The van der Waals surface area contributed by atoms with Crippen molar-refractivity contribution in [3.8, 4) is 0 Å². The quantitative estimate of drug-likeness (QED) is 0.870. The molecule has 3 nitrogen and oxygen atoms in total. The molecule has 2 aromatic rings. The minimum atomic E-state index is -0.193. The highest BCUT2D eigenvalue weighted by Gasteiger charge is 2.16. The average molecular weight is 310 g/mol. The second-order valence-corrected chi connectivity index (χ2v) is 5.38. The first-order valence-corrected chi connectivity index (χ1v) is 7.68. The lowest BCUT2D eigenvalue weighted by Crippen LogP contribution is -2.21. The maximum atomic E-state index is 13.8. The molecular formula is C16H21ClFN3. The van der Waals surface area contributed by atoms with Gasteiger partial charge in [-0.3, -0.25) is 4.68 Å². The normalized spacial score (nSPS) is 12.6. The van der Waals surface area contributed by atoms with Gasteiger partial charge >= 0.3 is 0 Å². The average Bonchev–Trinajstić information content (AvgIpc) is 2.80. The van der Waals surface area contributed by atoms with E-state index in [1.54, 1.807) is 12.1 Å². The highest BCUT2D eigenvalue weighted by Crippen LogP contribution is 2.23. The Morgan fingerprint density at radius 1 is 1.33 bits per heavy atom. The van der Waals surface area contributed by atoms with Crippen molar-refractivity contribution in [1.29, 1.82) is 0 Å². The van der Waals surface area contributed by atoms with Crippen LogP contribution < -0.4 is 5.32 Å². The summed E-state index contributed by atoms with van der Waals surface area (Å²) in [4.78, 5) is 0. The van der Waals surface area contributed by atoms with Gasteiger partial charge in [0.05, 0.1) is 16.4 Å². The Labute approximate surface area is 130 Å². The van der Waals surface area contributed by atoms with Crippen LogP contribution in [0.3, 0.4) is 0 Å². The predicted molar refractivity (Wildman–Crippen MR) is 83.9 cm³/mol. The van der Waals surface area contributed by atoms with E-state index in [1.165, 1.54) is 6.07 Å². The summed E-state index contributed by atoms with van der Waals surface area (Å²) in [7, 11) is 0. The standard InChI is InChI=1S/C16H21ClFN3/c1-4-14-16(17)15(21(5-2)20-14)10-19-11(3)12-8-6-7-9-13(12)18/h6-9,11,19H,4-5,10H2,1-3H3/t11-/m1/s1. The first-order valence-electron chi connectivity index (χ1n) is 7.30. The summed E-state index contributed by atoms with van der Waals surface area (Å²) in [5, 5.41) is 8.52. The van der Waals surface area contributed by atoms with Gasteiger partial charge in [-0.2, -0.15) is 5.10 Å². The molecule has 1 atom stereocenters. The van der Waals surface area contributed by atoms with Crippen molar-refractivity contribution in [2.45, 2.75) is 46.3 Å². The SMILES string of the molecule is CCc1nn(CC)c(CN[C@H](C)c2ccccc2F)c1Cl. The molecule has 1 aromatic heterocycles. The fraction of sp³-hybridized carbons (Fsp3) is 0.438. The molecule has 1 aromatic carbocycles. The Morgan fingerprint density at radius 3 is 2.67 bits per heavy atom. The molecule has 0 aliphatic carbocycles. The van der Waals surface area contributed by atoms with Crippen LogP contribution in [0.1, 0.15) is 43.8 Å². The van der Waals surface area contributed by atoms with Gasteiger partial charge in [-0.15, -0.1) is 0 Å². The second kappa shape index (κ2) is 7.05. The highest BCUT2D eigenvalue weighted by atomic mass is 35.5. The van der Waals surface area contributed by atoms with E-state index in [1.807, 2.05) is 31.5 Å². The van der Waals surface area contributed by atoms with Crippen molar-refractivity contribution >= 4 is 11.6 Å². The van der Waals surface area contributed by atoms with Gasteiger partial charge in [0.2, 0.25) is 0 Å². The molecule has 0 aliphatic rings. The summed E-state index contributed by atoms with van der Waals surface area (Å²) < 4.78 is 15.7. The molecule has 0 saturated heterocycles. The Hall–Kier alpha value is -1.39. The van der Waals surface area contributed by atoms with E-state index in [-0.39, 0.29) is 11.9 Å². The molecule has 0 saturated carbocycles. The Balaban J connectivity index is 2.13. The van der Waals surface area contributed by atoms with Gasteiger partial charge in [0.25, 0.3) is 0 Å². The summed E-state index contributed by atoms with van der Waals surface area (Å²) in [6.45, 7) is 7.35. The van der Waals surface area contributed by atoms with E-state index in [9.17, 15) is 4.39 Å². The molecular weight excluding hydrogens is 289 g/mol. The summed E-state index contributed by atoms with van der Waals surface area (Å²) in [6, 6.07) is 6.72. The molecule has 1 heterocycles. The molecule has 0 unspecified atom stereocenters. The smallest absolute Gasteiger partial charge is 0.127 e. The fourth-order valence-corrected chi connectivity index (χ4v) is 2.71. The van der Waals surface area contributed by atoms with E-state index in [2.05, 4.69) is 10.4 Å². The number of aryl methyl sites for hydroxylation is 2. The van der Waals surface area contributed by atoms with Gasteiger partial charge in [-0.1, -0.05) is 36.7 Å². The number of hydrogen-bond acceptors (Lipinski definition) is 2. The van der Waals surface area contributed by atoms with E-state index in [0.717, 1.165) is 24.4 Å². The number of nitrogens with one attached hydrogen (secondary N) is 1. The van der Waals surface area contributed by atoms with Gasteiger partial charge in [0.1, 0.15) is 5.82 Å². The molecule has 0 aliphatic heterocycles. The Kier molecular flexibility index (Phi) is 5.37. The second-order valence-electron chi connectivity index (χ2n) is 5.00. The minimum absolute atomic E-state index is 0.0902. The zero-order valence-electron chi connectivity index (χ0n) is 12.7. The third-order valence-electron chi connectivity index (χ3n) is 3.64. The summed E-state index contributed by atoms with van der Waals surface area (Å²) >= 11 is 6.37. The fourth-order valence-electron chi connectivity index (χ4n) is 2.37. The lowest BCUT2D eigenvalue weighted by Gasteiger charge is -2.15. The first-order chi connectivity index (χ1) is 10.1. The van der Waals surface area contributed by atoms with Gasteiger partial charge in [-0.25, -0.2) is 4.39 Å². The summed E-state index contributed by atoms with van der Waals surface area (Å²) in [5.41, 5.74) is 2.53. The number of rotatable bonds is 6. The van der Waals surface area contributed by atoms with Gasteiger partial charge in [-0.05, 0) is 26.3 Å². The molecule has 5 heteroatoms. The van der Waals surface area contributed by atoms with Crippen LogP contribution in [0.25, 0.3) is 0 Å². The minimum Gasteiger partial charge on any atom is -0.304 e. The van der Waals surface area contributed by atoms with E-state index >= 15 is 0 Å². The summed E-state index contributed by atoms with van der Waals surface area (Å²) in [6.07, 6.45) is 0.807. The van der Waals surface area contributed by atoms with Gasteiger partial charge < -0.3 is 5.32 Å². The zero-order valence-corrected chi connectivity index (χ0v) is 13.4. The van der Waals surface area contributed by atoms with E-state index in [4.69, 9.17) is 11.6 Å². The molecule has 0 bridgehead atoms. The van der Waals surface area contributed by atoms with Crippen molar-refractivity contribution in [1.82, 2.24) is 15.1 Å². The first kappa shape index (κ1) is 16.0. The molecule has 114 valence electrons. The Bertz CT molecular complexity index is 610. The molecule has 0 radical (unpaired) electrons. The number of nitrogens with zero attached hydrogens (tertiary/aromatic N) is 2. The van der Waals surface area contributed by atoms with Crippen LogP contribution in [0.15, 0.2) is 24.3 Å². The number of aromatic nitrogens is 2. The summed E-state index contributed by atoms with van der Waals surface area (Å²) in [5.74, 6) is -0.193. The lowest BCUT2D eigenvalue weighted by molar-refractivity contribution is 0.506. The number of benzene rings is 1. The predicted octanol–water partition coefficient (Wildman–Crippen LogP) is 4.11. The monoisotopic (exact) mass is 309 g/mol. The van der Waals surface area contributed by atoms with Crippen LogP contribution in [0, 0.1) is 5.82 Å². The molecule has 0 amide bonds. The van der Waals surface area contributed by atoms with Gasteiger partial charge in [0, 0.05) is 24.7 Å². The maximum Gasteiger partial charge on any atom is 0.127 e. The van der Waals surface area contributed by atoms with E-state index < -0.39 is 0 Å². The van der Waals surface area contributed by atoms with E-state index in [0.29, 0.717) is 17.1 Å². The van der Waals surface area contributed by atoms with Crippen LogP contribution >= 0.6 is 11.6 Å². The third-order valence-corrected chi connectivity index (χ3v) is 4.08. The topological polar surface area (TPSA) is 29.9 Å². The van der Waals surface area contributed by atoms with Crippen LogP contribution in [0.5, 0.6) is 0 Å². The van der Waals surface area contributed by atoms with Crippen LogP contribution in [0.4, 0.5) is 4.39 Å². The van der Waals surface area contributed by atoms with Crippen molar-refractivity contribution in [2.24, 2.45) is 0 Å². The zero-order chi connectivity index (χ0) is 15.4. The molecule has 1 N–H and O–H groups in total. The van der Waals surface area contributed by atoms with Crippen molar-refractivity contribution < 1.29 is 4.39 Å². The molecule has 2 rings (SSSR count). The Morgan fingerprint density at radius 2 is 2.05 bits per heavy atom. The van der Waals surface area contributed by atoms with Crippen molar-refractivity contribution in [2.75, 3.05) is 0 Å². The molecule has 0 spiro atoms. The van der Waals surface area contributed by atoms with Crippen LogP contribution in [-0.4, -0.2) is 9.78 Å².